The Balaban J connectivity index is 1.78. The molecule has 0 radical (unpaired) electrons. The first-order valence-electron chi connectivity index (χ1n) is 7.33. The van der Waals surface area contributed by atoms with Gasteiger partial charge in [0, 0.05) is 32.2 Å². The molecule has 1 aromatic rings. The van der Waals surface area contributed by atoms with Gasteiger partial charge in [-0.15, -0.1) is 0 Å². The van der Waals surface area contributed by atoms with Crippen molar-refractivity contribution in [3.05, 3.63) is 18.1 Å². The van der Waals surface area contributed by atoms with E-state index in [0.717, 1.165) is 50.5 Å². The smallest absolute Gasteiger partial charge is 0.407 e. The van der Waals surface area contributed by atoms with E-state index in [1.807, 2.05) is 0 Å². The number of carbonyl (C=O) groups is 1. The number of ether oxygens (including phenoxy) is 1. The molecule has 1 saturated heterocycles. The lowest BCUT2D eigenvalue weighted by Crippen LogP contribution is -2.36. The Morgan fingerprint density at radius 2 is 2.33 bits per heavy atom. The van der Waals surface area contributed by atoms with E-state index in [0.29, 0.717) is 0 Å². The first-order chi connectivity index (χ1) is 10.2. The number of nitrogens with zero attached hydrogens (tertiary/aromatic N) is 3. The highest BCUT2D eigenvalue weighted by atomic mass is 16.5. The molecule has 0 aliphatic carbocycles. The van der Waals surface area contributed by atoms with Gasteiger partial charge in [-0.25, -0.2) is 9.78 Å². The van der Waals surface area contributed by atoms with Crippen molar-refractivity contribution in [1.29, 1.82) is 0 Å². The van der Waals surface area contributed by atoms with Crippen LogP contribution >= 0.6 is 0 Å². The zero-order chi connectivity index (χ0) is 15.1. The number of aromatic nitrogens is 2. The van der Waals surface area contributed by atoms with Gasteiger partial charge in [-0.3, -0.25) is 9.88 Å². The van der Waals surface area contributed by atoms with Gasteiger partial charge < -0.3 is 15.4 Å². The second kappa shape index (κ2) is 7.78. The maximum atomic E-state index is 11.2. The van der Waals surface area contributed by atoms with Crippen molar-refractivity contribution < 1.29 is 9.53 Å². The lowest BCUT2D eigenvalue weighted by atomic mass is 10.3. The molecule has 0 bridgehead atoms. The van der Waals surface area contributed by atoms with E-state index < -0.39 is 0 Å². The topological polar surface area (TPSA) is 79.4 Å². The number of hydrogen-bond acceptors (Lipinski definition) is 6. The second-order valence-electron chi connectivity index (χ2n) is 5.18. The Bertz CT molecular complexity index is 451. The minimum absolute atomic E-state index is 0.149. The number of hydrogen-bond donors (Lipinski definition) is 2. The summed E-state index contributed by atoms with van der Waals surface area (Å²) < 4.78 is 4.61. The SMILES string of the molecule is CCCNc1cnc(CN2CCC(NC(=O)OC)C2)cn1. The third kappa shape index (κ3) is 4.86. The first-order valence-corrected chi connectivity index (χ1v) is 7.33. The monoisotopic (exact) mass is 293 g/mol. The number of anilines is 1. The van der Waals surface area contributed by atoms with E-state index in [2.05, 4.69) is 37.2 Å². The Kier molecular flexibility index (Phi) is 5.74. The van der Waals surface area contributed by atoms with Crippen LogP contribution in [0.2, 0.25) is 0 Å². The fourth-order valence-electron chi connectivity index (χ4n) is 2.33. The molecule has 116 valence electrons. The quantitative estimate of drug-likeness (QED) is 0.821. The lowest BCUT2D eigenvalue weighted by molar-refractivity contribution is 0.166. The Labute approximate surface area is 125 Å². The molecule has 21 heavy (non-hydrogen) atoms. The van der Waals surface area contributed by atoms with Gasteiger partial charge in [-0.1, -0.05) is 6.92 Å². The van der Waals surface area contributed by atoms with E-state index >= 15 is 0 Å². The number of rotatable bonds is 6. The summed E-state index contributed by atoms with van der Waals surface area (Å²) in [6.07, 6.45) is 5.20. The van der Waals surface area contributed by atoms with Crippen LogP contribution in [-0.2, 0) is 11.3 Å². The zero-order valence-corrected chi connectivity index (χ0v) is 12.6. The minimum atomic E-state index is -0.368. The van der Waals surface area contributed by atoms with Crippen LogP contribution in [0.15, 0.2) is 12.4 Å². The van der Waals surface area contributed by atoms with Crippen LogP contribution in [0.5, 0.6) is 0 Å². The number of methoxy groups -OCH3 is 1. The summed E-state index contributed by atoms with van der Waals surface area (Å²) in [4.78, 5) is 22.2. The van der Waals surface area contributed by atoms with Gasteiger partial charge in [0.25, 0.3) is 0 Å². The van der Waals surface area contributed by atoms with Gasteiger partial charge >= 0.3 is 6.09 Å². The fourth-order valence-corrected chi connectivity index (χ4v) is 2.33. The molecule has 0 aromatic carbocycles. The van der Waals surface area contributed by atoms with Crippen LogP contribution in [-0.4, -0.2) is 53.7 Å². The van der Waals surface area contributed by atoms with Crippen molar-refractivity contribution in [3.8, 4) is 0 Å². The number of carbonyl (C=O) groups excluding carboxylic acids is 1. The van der Waals surface area contributed by atoms with E-state index in [9.17, 15) is 4.79 Å². The van der Waals surface area contributed by atoms with Crippen molar-refractivity contribution in [3.63, 3.8) is 0 Å². The molecule has 2 heterocycles. The Morgan fingerprint density at radius 1 is 1.48 bits per heavy atom. The van der Waals surface area contributed by atoms with Crippen LogP contribution < -0.4 is 10.6 Å². The highest BCUT2D eigenvalue weighted by Crippen LogP contribution is 2.12. The zero-order valence-electron chi connectivity index (χ0n) is 12.6. The summed E-state index contributed by atoms with van der Waals surface area (Å²) in [5, 5.41) is 6.03. The van der Waals surface area contributed by atoms with Crippen LogP contribution in [0.25, 0.3) is 0 Å². The molecular formula is C14H23N5O2. The second-order valence-corrected chi connectivity index (χ2v) is 5.18. The standard InChI is InChI=1S/C14H23N5O2/c1-3-5-15-13-8-16-12(7-17-13)10-19-6-4-11(9-19)18-14(20)21-2/h7-8,11H,3-6,9-10H2,1-2H3,(H,15,17)(H,18,20). The van der Waals surface area contributed by atoms with Crippen LogP contribution in [0.3, 0.4) is 0 Å². The summed E-state index contributed by atoms with van der Waals surface area (Å²) in [5.74, 6) is 0.812. The summed E-state index contributed by atoms with van der Waals surface area (Å²) in [6.45, 7) is 5.52. The van der Waals surface area contributed by atoms with Gasteiger partial charge in [0.15, 0.2) is 0 Å². The Morgan fingerprint density at radius 3 is 3.00 bits per heavy atom. The van der Waals surface area contributed by atoms with E-state index in [1.54, 1.807) is 12.4 Å². The molecule has 0 saturated carbocycles. The van der Waals surface area contributed by atoms with Gasteiger partial charge in [-0.05, 0) is 12.8 Å². The number of nitrogens with one attached hydrogen (secondary N) is 2. The average Bonchev–Trinajstić information content (AvgIpc) is 2.93. The molecule has 7 nitrogen and oxygen atoms in total. The fraction of sp³-hybridized carbons (Fsp3) is 0.643. The van der Waals surface area contributed by atoms with Crippen molar-refractivity contribution in [2.75, 3.05) is 32.1 Å². The van der Waals surface area contributed by atoms with E-state index in [-0.39, 0.29) is 12.1 Å². The molecular weight excluding hydrogens is 270 g/mol. The Hall–Kier alpha value is -1.89. The average molecular weight is 293 g/mol. The third-order valence-electron chi connectivity index (χ3n) is 3.43. The maximum absolute atomic E-state index is 11.2. The molecule has 0 spiro atoms. The predicted molar refractivity (Wildman–Crippen MR) is 80.0 cm³/mol. The molecule has 7 heteroatoms. The highest BCUT2D eigenvalue weighted by Gasteiger charge is 2.24. The largest absolute Gasteiger partial charge is 0.453 e. The van der Waals surface area contributed by atoms with Crippen molar-refractivity contribution in [2.24, 2.45) is 0 Å². The summed E-state index contributed by atoms with van der Waals surface area (Å²) >= 11 is 0. The van der Waals surface area contributed by atoms with Crippen molar-refractivity contribution >= 4 is 11.9 Å². The highest BCUT2D eigenvalue weighted by molar-refractivity contribution is 5.67. The number of alkyl carbamates (subject to hydrolysis) is 1. The molecule has 1 aliphatic rings. The minimum Gasteiger partial charge on any atom is -0.453 e. The molecule has 2 N–H and O–H groups in total. The molecule has 1 aromatic heterocycles. The summed E-state index contributed by atoms with van der Waals surface area (Å²) in [5.41, 5.74) is 0.941. The van der Waals surface area contributed by atoms with Gasteiger partial charge in [0.05, 0.1) is 25.2 Å². The number of amides is 1. The van der Waals surface area contributed by atoms with Crippen molar-refractivity contribution in [1.82, 2.24) is 20.2 Å². The van der Waals surface area contributed by atoms with Crippen molar-refractivity contribution in [2.45, 2.75) is 32.4 Å². The van der Waals surface area contributed by atoms with Gasteiger partial charge in [0.2, 0.25) is 0 Å². The predicted octanol–water partition coefficient (Wildman–Crippen LogP) is 1.23. The molecule has 1 aliphatic heterocycles. The van der Waals surface area contributed by atoms with E-state index in [4.69, 9.17) is 0 Å². The lowest BCUT2D eigenvalue weighted by Gasteiger charge is -2.15. The summed E-state index contributed by atoms with van der Waals surface area (Å²) in [7, 11) is 1.38. The van der Waals surface area contributed by atoms with Gasteiger partial charge in [-0.2, -0.15) is 0 Å². The number of likely N-dealkylation sites (tertiary alicyclic amines) is 1. The van der Waals surface area contributed by atoms with Crippen LogP contribution in [0, 0.1) is 0 Å². The molecule has 1 fully saturated rings. The molecule has 2 rings (SSSR count). The normalized spacial score (nSPS) is 18.5. The molecule has 1 unspecified atom stereocenters. The summed E-state index contributed by atoms with van der Waals surface area (Å²) in [6, 6.07) is 0.149. The first kappa shape index (κ1) is 15.5. The van der Waals surface area contributed by atoms with E-state index in [1.165, 1.54) is 7.11 Å². The molecule has 1 atom stereocenters. The third-order valence-corrected chi connectivity index (χ3v) is 3.43. The maximum Gasteiger partial charge on any atom is 0.407 e. The van der Waals surface area contributed by atoms with Crippen LogP contribution in [0.1, 0.15) is 25.5 Å². The van der Waals surface area contributed by atoms with Crippen LogP contribution in [0.4, 0.5) is 10.6 Å². The molecule has 1 amide bonds. The van der Waals surface area contributed by atoms with Gasteiger partial charge in [0.1, 0.15) is 5.82 Å².